The monoisotopic (exact) mass is 266 g/mol. The standard InChI is InChI=1S/C10H22N2O4S/c1-3-17(14,15)11-4-5-12-6-9(2)16-10(7-12)8-13/h9-11,13H,3-8H2,1-2H3. The van der Waals surface area contributed by atoms with Gasteiger partial charge in [0.05, 0.1) is 24.6 Å². The maximum absolute atomic E-state index is 11.2. The van der Waals surface area contributed by atoms with E-state index in [2.05, 4.69) is 9.62 Å². The van der Waals surface area contributed by atoms with E-state index in [1.165, 1.54) is 0 Å². The van der Waals surface area contributed by atoms with Gasteiger partial charge < -0.3 is 9.84 Å². The van der Waals surface area contributed by atoms with E-state index in [-0.39, 0.29) is 24.6 Å². The highest BCUT2D eigenvalue weighted by atomic mass is 32.2. The number of aliphatic hydroxyl groups excluding tert-OH is 1. The number of ether oxygens (including phenoxy) is 1. The Morgan fingerprint density at radius 1 is 1.47 bits per heavy atom. The molecule has 0 aromatic rings. The molecule has 1 aliphatic rings. The van der Waals surface area contributed by atoms with Crippen LogP contribution in [0.3, 0.4) is 0 Å². The van der Waals surface area contributed by atoms with Gasteiger partial charge in [0.1, 0.15) is 0 Å². The maximum atomic E-state index is 11.2. The van der Waals surface area contributed by atoms with Crippen LogP contribution in [0.25, 0.3) is 0 Å². The van der Waals surface area contributed by atoms with Crippen LogP contribution in [0.5, 0.6) is 0 Å². The summed E-state index contributed by atoms with van der Waals surface area (Å²) >= 11 is 0. The van der Waals surface area contributed by atoms with Crippen LogP contribution >= 0.6 is 0 Å². The lowest BCUT2D eigenvalue weighted by molar-refractivity contribution is -0.0944. The number of sulfonamides is 1. The second-order valence-electron chi connectivity index (χ2n) is 4.31. The fraction of sp³-hybridized carbons (Fsp3) is 1.00. The first-order chi connectivity index (χ1) is 7.96. The van der Waals surface area contributed by atoms with Crippen molar-refractivity contribution in [3.8, 4) is 0 Å². The van der Waals surface area contributed by atoms with Gasteiger partial charge in [0.25, 0.3) is 0 Å². The highest BCUT2D eigenvalue weighted by Gasteiger charge is 2.24. The molecule has 2 atom stereocenters. The summed E-state index contributed by atoms with van der Waals surface area (Å²) in [5.74, 6) is 0.103. The zero-order valence-electron chi connectivity index (χ0n) is 10.4. The van der Waals surface area contributed by atoms with E-state index in [1.807, 2.05) is 6.92 Å². The number of morpholine rings is 1. The van der Waals surface area contributed by atoms with Crippen LogP contribution in [0.4, 0.5) is 0 Å². The smallest absolute Gasteiger partial charge is 0.211 e. The van der Waals surface area contributed by atoms with Crippen LogP contribution in [0, 0.1) is 0 Å². The lowest BCUT2D eigenvalue weighted by atomic mass is 10.2. The molecule has 0 amide bonds. The van der Waals surface area contributed by atoms with Crippen LogP contribution in [0.1, 0.15) is 13.8 Å². The molecular weight excluding hydrogens is 244 g/mol. The zero-order valence-corrected chi connectivity index (χ0v) is 11.2. The third-order valence-electron chi connectivity index (χ3n) is 2.74. The molecule has 0 aliphatic carbocycles. The van der Waals surface area contributed by atoms with E-state index >= 15 is 0 Å². The Morgan fingerprint density at radius 3 is 2.76 bits per heavy atom. The van der Waals surface area contributed by atoms with E-state index in [9.17, 15) is 8.42 Å². The lowest BCUT2D eigenvalue weighted by Crippen LogP contribution is -2.50. The zero-order chi connectivity index (χ0) is 12.9. The summed E-state index contributed by atoms with van der Waals surface area (Å²) in [5, 5.41) is 9.06. The SMILES string of the molecule is CCS(=O)(=O)NCCN1CC(C)OC(CO)C1. The number of aliphatic hydroxyl groups is 1. The average molecular weight is 266 g/mol. The highest BCUT2D eigenvalue weighted by Crippen LogP contribution is 2.09. The van der Waals surface area contributed by atoms with Gasteiger partial charge in [0, 0.05) is 26.2 Å². The first-order valence-corrected chi connectivity index (χ1v) is 7.58. The average Bonchev–Trinajstić information content (AvgIpc) is 2.28. The summed E-state index contributed by atoms with van der Waals surface area (Å²) in [6, 6.07) is 0. The van der Waals surface area contributed by atoms with Gasteiger partial charge >= 0.3 is 0 Å². The largest absolute Gasteiger partial charge is 0.394 e. The number of nitrogens with one attached hydrogen (secondary N) is 1. The molecule has 0 bridgehead atoms. The van der Waals surface area contributed by atoms with E-state index in [0.29, 0.717) is 19.6 Å². The first kappa shape index (κ1) is 14.8. The van der Waals surface area contributed by atoms with Crippen molar-refractivity contribution < 1.29 is 18.3 Å². The second-order valence-corrected chi connectivity index (χ2v) is 6.40. The highest BCUT2D eigenvalue weighted by molar-refractivity contribution is 7.89. The summed E-state index contributed by atoms with van der Waals surface area (Å²) in [4.78, 5) is 2.10. The molecule has 1 aliphatic heterocycles. The van der Waals surface area contributed by atoms with Crippen LogP contribution in [0.2, 0.25) is 0 Å². The molecule has 1 fully saturated rings. The molecule has 0 saturated carbocycles. The van der Waals surface area contributed by atoms with Gasteiger partial charge in [0.15, 0.2) is 0 Å². The third-order valence-corrected chi connectivity index (χ3v) is 4.14. The van der Waals surface area contributed by atoms with Gasteiger partial charge in [-0.3, -0.25) is 4.90 Å². The number of nitrogens with zero attached hydrogens (tertiary/aromatic N) is 1. The van der Waals surface area contributed by atoms with Gasteiger partial charge in [-0.2, -0.15) is 0 Å². The van der Waals surface area contributed by atoms with E-state index in [1.54, 1.807) is 6.92 Å². The Bertz CT molecular complexity index is 320. The molecule has 1 rings (SSSR count). The first-order valence-electron chi connectivity index (χ1n) is 5.93. The van der Waals surface area contributed by atoms with Gasteiger partial charge in [-0.15, -0.1) is 0 Å². The van der Waals surface area contributed by atoms with Crippen molar-refractivity contribution in [1.29, 1.82) is 0 Å². The molecular formula is C10H22N2O4S. The number of hydrogen-bond donors (Lipinski definition) is 2. The van der Waals surface area contributed by atoms with Crippen molar-refractivity contribution in [2.45, 2.75) is 26.1 Å². The second kappa shape index (κ2) is 6.65. The Morgan fingerprint density at radius 2 is 2.18 bits per heavy atom. The minimum Gasteiger partial charge on any atom is -0.394 e. The Hall–Kier alpha value is -0.210. The van der Waals surface area contributed by atoms with Crippen molar-refractivity contribution in [2.24, 2.45) is 0 Å². The Labute approximate surface area is 103 Å². The van der Waals surface area contributed by atoms with Crippen LogP contribution < -0.4 is 4.72 Å². The molecule has 1 heterocycles. The Balaban J connectivity index is 2.31. The number of rotatable bonds is 6. The minimum atomic E-state index is -3.11. The van der Waals surface area contributed by atoms with E-state index < -0.39 is 10.0 Å². The molecule has 0 aromatic carbocycles. The Kier molecular flexibility index (Phi) is 5.81. The molecule has 1 saturated heterocycles. The lowest BCUT2D eigenvalue weighted by Gasteiger charge is -2.36. The van der Waals surface area contributed by atoms with Crippen molar-refractivity contribution in [3.05, 3.63) is 0 Å². The predicted octanol–water partition coefficient (Wildman–Crippen LogP) is -0.993. The summed E-state index contributed by atoms with van der Waals surface area (Å²) < 4.78 is 30.5. The molecule has 102 valence electrons. The van der Waals surface area contributed by atoms with Gasteiger partial charge in [0.2, 0.25) is 10.0 Å². The molecule has 2 unspecified atom stereocenters. The van der Waals surface area contributed by atoms with Crippen molar-refractivity contribution in [1.82, 2.24) is 9.62 Å². The van der Waals surface area contributed by atoms with Crippen LogP contribution in [-0.2, 0) is 14.8 Å². The molecule has 0 aromatic heterocycles. The summed E-state index contributed by atoms with van der Waals surface area (Å²) in [5.41, 5.74) is 0. The summed E-state index contributed by atoms with van der Waals surface area (Å²) in [7, 11) is -3.11. The van der Waals surface area contributed by atoms with E-state index in [0.717, 1.165) is 6.54 Å². The van der Waals surface area contributed by atoms with Gasteiger partial charge in [-0.05, 0) is 13.8 Å². The van der Waals surface area contributed by atoms with Crippen molar-refractivity contribution >= 4 is 10.0 Å². The number of hydrogen-bond acceptors (Lipinski definition) is 5. The molecule has 17 heavy (non-hydrogen) atoms. The molecule has 6 nitrogen and oxygen atoms in total. The fourth-order valence-corrected chi connectivity index (χ4v) is 2.49. The molecule has 2 N–H and O–H groups in total. The third kappa shape index (κ3) is 5.31. The predicted molar refractivity (Wildman–Crippen MR) is 65.3 cm³/mol. The summed E-state index contributed by atoms with van der Waals surface area (Å²) in [6.45, 7) is 6.02. The molecule has 7 heteroatoms. The van der Waals surface area contributed by atoms with Gasteiger partial charge in [-0.25, -0.2) is 13.1 Å². The fourth-order valence-electron chi connectivity index (χ4n) is 1.89. The van der Waals surface area contributed by atoms with Crippen molar-refractivity contribution in [2.75, 3.05) is 38.5 Å². The topological polar surface area (TPSA) is 78.9 Å². The van der Waals surface area contributed by atoms with Crippen molar-refractivity contribution in [3.63, 3.8) is 0 Å². The minimum absolute atomic E-state index is 0.00152. The quantitative estimate of drug-likeness (QED) is 0.645. The maximum Gasteiger partial charge on any atom is 0.211 e. The summed E-state index contributed by atoms with van der Waals surface area (Å²) in [6.07, 6.45) is -0.0924. The van der Waals surface area contributed by atoms with Gasteiger partial charge in [-0.1, -0.05) is 0 Å². The molecule has 0 radical (unpaired) electrons. The van der Waals surface area contributed by atoms with Crippen LogP contribution in [0.15, 0.2) is 0 Å². The molecule has 0 spiro atoms. The normalized spacial score (nSPS) is 27.2. The van der Waals surface area contributed by atoms with Crippen LogP contribution in [-0.4, -0.2) is 69.2 Å². The van der Waals surface area contributed by atoms with E-state index in [4.69, 9.17) is 9.84 Å².